The second-order valence-corrected chi connectivity index (χ2v) is 10.3. The zero-order chi connectivity index (χ0) is 24.9. The van der Waals surface area contributed by atoms with Crippen molar-refractivity contribution in [1.82, 2.24) is 10.6 Å². The second-order valence-electron chi connectivity index (χ2n) is 8.04. The van der Waals surface area contributed by atoms with E-state index in [-0.39, 0.29) is 18.9 Å². The van der Waals surface area contributed by atoms with Gasteiger partial charge in [-0.15, -0.1) is 0 Å². The van der Waals surface area contributed by atoms with Gasteiger partial charge in [-0.25, -0.2) is 18.0 Å². The first kappa shape index (κ1) is 25.2. The molecule has 0 saturated heterocycles. The summed E-state index contributed by atoms with van der Waals surface area (Å²) in [5, 5.41) is 22.6. The average molecular weight is 491 g/mol. The number of ether oxygens (including phenoxy) is 1. The normalized spacial score (nSPS) is 14.4. The molecule has 34 heavy (non-hydrogen) atoms. The van der Waals surface area contributed by atoms with Gasteiger partial charge in [-0.1, -0.05) is 48.5 Å². The van der Waals surface area contributed by atoms with Crippen LogP contribution in [0.1, 0.15) is 23.5 Å². The Morgan fingerprint density at radius 2 is 1.59 bits per heavy atom. The van der Waals surface area contributed by atoms with Crippen molar-refractivity contribution in [3.8, 4) is 11.1 Å². The Hall–Kier alpha value is -3.44. The number of benzene rings is 2. The van der Waals surface area contributed by atoms with Crippen molar-refractivity contribution in [3.63, 3.8) is 0 Å². The first-order chi connectivity index (χ1) is 16.1. The van der Waals surface area contributed by atoms with E-state index in [2.05, 4.69) is 10.6 Å². The van der Waals surface area contributed by atoms with E-state index in [0.29, 0.717) is 0 Å². The molecular formula is C23H26N2O8S. The summed E-state index contributed by atoms with van der Waals surface area (Å²) in [6.45, 7) is -0.603. The van der Waals surface area contributed by atoms with Crippen molar-refractivity contribution < 1.29 is 37.8 Å². The Morgan fingerprint density at radius 3 is 2.12 bits per heavy atom. The molecule has 11 heteroatoms. The molecule has 1 aliphatic carbocycles. The molecular weight excluding hydrogens is 464 g/mol. The molecule has 4 N–H and O–H groups in total. The summed E-state index contributed by atoms with van der Waals surface area (Å²) >= 11 is 0. The van der Waals surface area contributed by atoms with Gasteiger partial charge in [0.15, 0.2) is 6.10 Å². The van der Waals surface area contributed by atoms with Crippen LogP contribution in [0.5, 0.6) is 0 Å². The Morgan fingerprint density at radius 1 is 1.03 bits per heavy atom. The quantitative estimate of drug-likeness (QED) is 0.382. The number of carbonyl (C=O) groups is 3. The van der Waals surface area contributed by atoms with Gasteiger partial charge in [-0.2, -0.15) is 0 Å². The van der Waals surface area contributed by atoms with Gasteiger partial charge < -0.3 is 25.6 Å². The number of amides is 2. The highest BCUT2D eigenvalue weighted by Crippen LogP contribution is 2.44. The van der Waals surface area contributed by atoms with Crippen molar-refractivity contribution in [2.45, 2.75) is 24.5 Å². The van der Waals surface area contributed by atoms with Crippen LogP contribution in [-0.2, 0) is 24.2 Å². The lowest BCUT2D eigenvalue weighted by molar-refractivity contribution is -0.146. The SMILES string of the molecule is CS(=O)(=O)CCC(NC(=O)OCC1c2ccccc2-c2ccccc21)C(=O)NC[C@H](O)C(=O)O. The third-order valence-corrected chi connectivity index (χ3v) is 6.46. The summed E-state index contributed by atoms with van der Waals surface area (Å²) in [7, 11) is -3.44. The maximum atomic E-state index is 12.5. The van der Waals surface area contributed by atoms with Gasteiger partial charge in [0.1, 0.15) is 22.5 Å². The number of sulfone groups is 1. The van der Waals surface area contributed by atoms with Crippen LogP contribution in [-0.4, -0.2) is 73.9 Å². The summed E-state index contributed by atoms with van der Waals surface area (Å²) in [5.74, 6) is -2.96. The molecule has 1 unspecified atom stereocenters. The van der Waals surface area contributed by atoms with Crippen molar-refractivity contribution in [2.24, 2.45) is 0 Å². The van der Waals surface area contributed by atoms with Gasteiger partial charge in [0.05, 0.1) is 12.3 Å². The van der Waals surface area contributed by atoms with Crippen LogP contribution in [0.15, 0.2) is 48.5 Å². The topological polar surface area (TPSA) is 159 Å². The number of hydrogen-bond donors (Lipinski definition) is 4. The van der Waals surface area contributed by atoms with Crippen LogP contribution in [0.2, 0.25) is 0 Å². The minimum Gasteiger partial charge on any atom is -0.479 e. The lowest BCUT2D eigenvalue weighted by atomic mass is 9.98. The number of nitrogens with one attached hydrogen (secondary N) is 2. The maximum absolute atomic E-state index is 12.5. The summed E-state index contributed by atoms with van der Waals surface area (Å²) in [5.41, 5.74) is 4.11. The highest BCUT2D eigenvalue weighted by Gasteiger charge is 2.30. The largest absolute Gasteiger partial charge is 0.479 e. The molecule has 2 aromatic rings. The first-order valence-electron chi connectivity index (χ1n) is 10.5. The Kier molecular flexibility index (Phi) is 7.90. The van der Waals surface area contributed by atoms with Crippen LogP contribution in [0.4, 0.5) is 4.79 Å². The van der Waals surface area contributed by atoms with Crippen LogP contribution >= 0.6 is 0 Å². The predicted molar refractivity (Wildman–Crippen MR) is 123 cm³/mol. The van der Waals surface area contributed by atoms with Crippen molar-refractivity contribution in [2.75, 3.05) is 25.2 Å². The fourth-order valence-corrected chi connectivity index (χ4v) is 4.45. The van der Waals surface area contributed by atoms with Crippen LogP contribution < -0.4 is 10.6 Å². The zero-order valence-electron chi connectivity index (χ0n) is 18.4. The number of rotatable bonds is 10. The number of aliphatic hydroxyl groups excluding tert-OH is 1. The van der Waals surface area contributed by atoms with E-state index in [4.69, 9.17) is 9.84 Å². The summed E-state index contributed by atoms with van der Waals surface area (Å²) < 4.78 is 28.5. The Bertz CT molecular complexity index is 1140. The number of alkyl carbamates (subject to hydrolysis) is 1. The Labute approximate surface area is 196 Å². The van der Waals surface area contributed by atoms with E-state index >= 15 is 0 Å². The van der Waals surface area contributed by atoms with Gasteiger partial charge in [-0.3, -0.25) is 4.79 Å². The summed E-state index contributed by atoms with van der Waals surface area (Å²) in [6.07, 6.45) is -2.02. The molecule has 2 aromatic carbocycles. The number of carbonyl (C=O) groups excluding carboxylic acids is 2. The van der Waals surface area contributed by atoms with E-state index in [1.165, 1.54) is 0 Å². The number of hydrogen-bond acceptors (Lipinski definition) is 7. The average Bonchev–Trinajstić information content (AvgIpc) is 3.11. The lowest BCUT2D eigenvalue weighted by Gasteiger charge is -2.20. The minimum absolute atomic E-state index is 0.00198. The van der Waals surface area contributed by atoms with E-state index in [9.17, 15) is 27.9 Å². The first-order valence-corrected chi connectivity index (χ1v) is 12.6. The smallest absolute Gasteiger partial charge is 0.407 e. The molecule has 1 aliphatic rings. The molecule has 0 heterocycles. The van der Waals surface area contributed by atoms with Crippen LogP contribution in [0.3, 0.4) is 0 Å². The van der Waals surface area contributed by atoms with Crippen molar-refractivity contribution in [1.29, 1.82) is 0 Å². The highest BCUT2D eigenvalue weighted by atomic mass is 32.2. The van der Waals surface area contributed by atoms with Gasteiger partial charge in [0.2, 0.25) is 5.91 Å². The number of fused-ring (bicyclic) bond motifs is 3. The van der Waals surface area contributed by atoms with Crippen molar-refractivity contribution in [3.05, 3.63) is 59.7 Å². The second kappa shape index (κ2) is 10.7. The summed E-state index contributed by atoms with van der Waals surface area (Å²) in [4.78, 5) is 35.7. The number of carboxylic acids is 1. The van der Waals surface area contributed by atoms with Crippen LogP contribution in [0, 0.1) is 0 Å². The molecule has 0 aromatic heterocycles. The molecule has 0 spiro atoms. The number of aliphatic hydroxyl groups is 1. The van der Waals surface area contributed by atoms with E-state index in [1.54, 1.807) is 0 Å². The zero-order valence-corrected chi connectivity index (χ0v) is 19.2. The molecule has 0 saturated carbocycles. The highest BCUT2D eigenvalue weighted by molar-refractivity contribution is 7.90. The van der Waals surface area contributed by atoms with Crippen molar-refractivity contribution >= 4 is 27.8 Å². The van der Waals surface area contributed by atoms with Crippen LogP contribution in [0.25, 0.3) is 11.1 Å². The molecule has 0 bridgehead atoms. The fourth-order valence-electron chi connectivity index (χ4n) is 3.79. The molecule has 3 rings (SSSR count). The maximum Gasteiger partial charge on any atom is 0.407 e. The molecule has 0 aliphatic heterocycles. The van der Waals surface area contributed by atoms with Gasteiger partial charge in [-0.05, 0) is 28.7 Å². The van der Waals surface area contributed by atoms with Gasteiger partial charge in [0, 0.05) is 12.2 Å². The van der Waals surface area contributed by atoms with E-state index in [0.717, 1.165) is 28.5 Å². The molecule has 0 fully saturated rings. The lowest BCUT2D eigenvalue weighted by Crippen LogP contribution is -2.50. The van der Waals surface area contributed by atoms with Gasteiger partial charge in [0.25, 0.3) is 0 Å². The monoisotopic (exact) mass is 490 g/mol. The molecule has 2 amide bonds. The number of carboxylic acid groups (broad SMARTS) is 1. The van der Waals surface area contributed by atoms with Gasteiger partial charge >= 0.3 is 12.1 Å². The standard InChI is InChI=1S/C23H26N2O8S/c1-34(31,32)11-10-19(21(27)24-12-20(26)22(28)29)25-23(30)33-13-18-16-8-4-2-6-14(16)15-7-3-5-9-17(15)18/h2-9,18-20,26H,10-13H2,1H3,(H,24,27)(H,25,30)(H,28,29)/t19?,20-/m0/s1. The third kappa shape index (κ3) is 6.33. The molecule has 10 nitrogen and oxygen atoms in total. The van der Waals surface area contributed by atoms with E-state index in [1.807, 2.05) is 48.5 Å². The van der Waals surface area contributed by atoms with E-state index < -0.39 is 52.3 Å². The summed E-state index contributed by atoms with van der Waals surface area (Å²) in [6, 6.07) is 14.2. The Balaban J connectivity index is 1.66. The molecule has 0 radical (unpaired) electrons. The molecule has 2 atom stereocenters. The number of aliphatic carboxylic acids is 1. The minimum atomic E-state index is -3.44. The third-order valence-electron chi connectivity index (χ3n) is 5.48. The molecule has 182 valence electrons. The fraction of sp³-hybridized carbons (Fsp3) is 0.348. The predicted octanol–water partition coefficient (Wildman–Crippen LogP) is 0.890.